The van der Waals surface area contributed by atoms with Crippen LogP contribution in [0.25, 0.3) is 0 Å². The number of halogens is 1. The Kier molecular flexibility index (Phi) is 14.4. The number of nitrogens with one attached hydrogen (secondary N) is 2. The van der Waals surface area contributed by atoms with Crippen LogP contribution in [0.2, 0.25) is 0 Å². The smallest absolute Gasteiger partial charge is 0.243 e. The summed E-state index contributed by atoms with van der Waals surface area (Å²) in [6.45, 7) is 10.6. The molecule has 0 saturated carbocycles. The first kappa shape index (κ1) is 29.4. The SMILES string of the molecule is CC(C)C(CNC(=NCC(=O)N(C)C)NCCCN(C)c1ccccc1)N1CCOCC1.I. The monoisotopic (exact) mass is 574 g/mol. The van der Waals surface area contributed by atoms with Gasteiger partial charge in [0.05, 0.1) is 13.2 Å². The number of anilines is 1. The lowest BCUT2D eigenvalue weighted by Gasteiger charge is -2.37. The summed E-state index contributed by atoms with van der Waals surface area (Å²) in [5, 5.41) is 6.90. The van der Waals surface area contributed by atoms with E-state index in [-0.39, 0.29) is 36.4 Å². The van der Waals surface area contributed by atoms with E-state index in [0.717, 1.165) is 52.4 Å². The number of amides is 1. The lowest BCUT2D eigenvalue weighted by atomic mass is 10.0. The Hall–Kier alpha value is -1.59. The van der Waals surface area contributed by atoms with Crippen molar-refractivity contribution in [2.45, 2.75) is 26.3 Å². The molecule has 1 atom stereocenters. The fourth-order valence-electron chi connectivity index (χ4n) is 3.69. The third-order valence-corrected chi connectivity index (χ3v) is 5.79. The van der Waals surface area contributed by atoms with E-state index in [1.807, 2.05) is 6.07 Å². The second kappa shape index (κ2) is 16.1. The maximum absolute atomic E-state index is 12.1. The summed E-state index contributed by atoms with van der Waals surface area (Å²) in [7, 11) is 5.62. The number of morpholine rings is 1. The van der Waals surface area contributed by atoms with Gasteiger partial charge in [-0.3, -0.25) is 9.69 Å². The highest BCUT2D eigenvalue weighted by molar-refractivity contribution is 14.0. The van der Waals surface area contributed by atoms with Gasteiger partial charge in [0, 0.05) is 65.6 Å². The van der Waals surface area contributed by atoms with Crippen LogP contribution in [0.4, 0.5) is 5.69 Å². The second-order valence-electron chi connectivity index (χ2n) is 8.83. The average molecular weight is 575 g/mol. The molecule has 1 fully saturated rings. The van der Waals surface area contributed by atoms with Crippen molar-refractivity contribution in [3.8, 4) is 0 Å². The van der Waals surface area contributed by atoms with Gasteiger partial charge in [-0.1, -0.05) is 32.0 Å². The van der Waals surface area contributed by atoms with Gasteiger partial charge < -0.3 is 25.2 Å². The second-order valence-corrected chi connectivity index (χ2v) is 8.83. The molecule has 0 radical (unpaired) electrons. The predicted molar refractivity (Wildman–Crippen MR) is 148 cm³/mol. The van der Waals surface area contributed by atoms with Gasteiger partial charge in [-0.05, 0) is 24.5 Å². The Morgan fingerprint density at radius 2 is 1.79 bits per heavy atom. The van der Waals surface area contributed by atoms with Crippen LogP contribution in [0, 0.1) is 5.92 Å². The Balaban J connectivity index is 0.00000544. The molecular weight excluding hydrogens is 531 g/mol. The summed E-state index contributed by atoms with van der Waals surface area (Å²) in [5.41, 5.74) is 1.21. The first-order valence-electron chi connectivity index (χ1n) is 11.7. The summed E-state index contributed by atoms with van der Waals surface area (Å²) < 4.78 is 5.51. The molecule has 1 unspecified atom stereocenters. The molecule has 1 saturated heterocycles. The number of para-hydroxylation sites is 1. The van der Waals surface area contributed by atoms with Gasteiger partial charge in [0.15, 0.2) is 5.96 Å². The number of guanidine groups is 1. The van der Waals surface area contributed by atoms with Crippen molar-refractivity contribution >= 4 is 41.5 Å². The summed E-state index contributed by atoms with van der Waals surface area (Å²) in [4.78, 5) is 22.9. The maximum Gasteiger partial charge on any atom is 0.243 e. The number of nitrogens with zero attached hydrogens (tertiary/aromatic N) is 4. The van der Waals surface area contributed by atoms with Gasteiger partial charge >= 0.3 is 0 Å². The van der Waals surface area contributed by atoms with E-state index in [9.17, 15) is 4.79 Å². The van der Waals surface area contributed by atoms with E-state index in [1.165, 1.54) is 5.69 Å². The Labute approximate surface area is 217 Å². The number of ether oxygens (including phenoxy) is 1. The minimum absolute atomic E-state index is 0. The molecule has 1 aromatic rings. The molecule has 0 bridgehead atoms. The summed E-state index contributed by atoms with van der Waals surface area (Å²) in [6, 6.07) is 10.8. The van der Waals surface area contributed by atoms with Crippen LogP contribution in [-0.4, -0.2) is 101 Å². The molecule has 188 valence electrons. The number of rotatable bonds is 11. The Morgan fingerprint density at radius 3 is 2.39 bits per heavy atom. The lowest BCUT2D eigenvalue weighted by molar-refractivity contribution is -0.127. The van der Waals surface area contributed by atoms with Crippen LogP contribution >= 0.6 is 24.0 Å². The van der Waals surface area contributed by atoms with E-state index >= 15 is 0 Å². The number of aliphatic imine (C=N–C) groups is 1. The Morgan fingerprint density at radius 1 is 1.12 bits per heavy atom. The number of carbonyl (C=O) groups excluding carboxylic acids is 1. The van der Waals surface area contributed by atoms with Crippen molar-refractivity contribution in [1.82, 2.24) is 20.4 Å². The molecule has 2 N–H and O–H groups in total. The molecule has 0 aromatic heterocycles. The summed E-state index contributed by atoms with van der Waals surface area (Å²) in [5.74, 6) is 1.19. The third kappa shape index (κ3) is 10.9. The standard InChI is InChI=1S/C24H42N6O2.HI/c1-20(2)22(30-14-16-32-17-15-30)18-26-24(27-19-23(31)28(3)4)25-12-9-13-29(5)21-10-7-6-8-11-21;/h6-8,10-11,20,22H,9,12-19H2,1-5H3,(H2,25,26,27);1H. The van der Waals surface area contributed by atoms with Crippen LogP contribution in [-0.2, 0) is 9.53 Å². The van der Waals surface area contributed by atoms with E-state index in [0.29, 0.717) is 17.9 Å². The molecular formula is C24H43IN6O2. The van der Waals surface area contributed by atoms with Crippen LogP contribution < -0.4 is 15.5 Å². The van der Waals surface area contributed by atoms with Gasteiger partial charge in [0.1, 0.15) is 6.54 Å². The van der Waals surface area contributed by atoms with Gasteiger partial charge in [0.2, 0.25) is 5.91 Å². The molecule has 1 heterocycles. The van der Waals surface area contributed by atoms with Gasteiger partial charge in [-0.2, -0.15) is 0 Å². The molecule has 1 aliphatic rings. The minimum Gasteiger partial charge on any atom is -0.379 e. The molecule has 2 rings (SSSR count). The molecule has 9 heteroatoms. The lowest BCUT2D eigenvalue weighted by Crippen LogP contribution is -2.52. The zero-order chi connectivity index (χ0) is 23.3. The van der Waals surface area contributed by atoms with Crippen molar-refractivity contribution in [3.63, 3.8) is 0 Å². The van der Waals surface area contributed by atoms with E-state index < -0.39 is 0 Å². The van der Waals surface area contributed by atoms with E-state index in [1.54, 1.807) is 19.0 Å². The quantitative estimate of drug-likeness (QED) is 0.183. The highest BCUT2D eigenvalue weighted by atomic mass is 127. The highest BCUT2D eigenvalue weighted by Gasteiger charge is 2.24. The van der Waals surface area contributed by atoms with Crippen LogP contribution in [0.5, 0.6) is 0 Å². The number of carbonyl (C=O) groups is 1. The van der Waals surface area contributed by atoms with E-state index in [4.69, 9.17) is 4.74 Å². The van der Waals surface area contributed by atoms with Gasteiger partial charge in [-0.25, -0.2) is 4.99 Å². The van der Waals surface area contributed by atoms with Crippen molar-refractivity contribution in [2.24, 2.45) is 10.9 Å². The molecule has 1 aromatic carbocycles. The zero-order valence-electron chi connectivity index (χ0n) is 20.9. The van der Waals surface area contributed by atoms with Crippen molar-refractivity contribution in [1.29, 1.82) is 0 Å². The normalized spacial score (nSPS) is 15.5. The van der Waals surface area contributed by atoms with Crippen LogP contribution in [0.15, 0.2) is 35.3 Å². The predicted octanol–water partition coefficient (Wildman–Crippen LogP) is 2.11. The molecule has 0 spiro atoms. The Bertz CT molecular complexity index is 695. The van der Waals surface area contributed by atoms with E-state index in [2.05, 4.69) is 70.6 Å². The van der Waals surface area contributed by atoms with Crippen molar-refractivity contribution in [3.05, 3.63) is 30.3 Å². The van der Waals surface area contributed by atoms with Crippen LogP contribution in [0.1, 0.15) is 20.3 Å². The first-order chi connectivity index (χ1) is 15.4. The number of hydrogen-bond donors (Lipinski definition) is 2. The fraction of sp³-hybridized carbons (Fsp3) is 0.667. The van der Waals surface area contributed by atoms with Gasteiger partial charge in [0.25, 0.3) is 0 Å². The van der Waals surface area contributed by atoms with Crippen molar-refractivity contribution < 1.29 is 9.53 Å². The molecule has 1 amide bonds. The fourth-order valence-corrected chi connectivity index (χ4v) is 3.69. The molecule has 33 heavy (non-hydrogen) atoms. The molecule has 1 aliphatic heterocycles. The zero-order valence-corrected chi connectivity index (χ0v) is 23.2. The molecule has 0 aliphatic carbocycles. The third-order valence-electron chi connectivity index (χ3n) is 5.79. The number of benzene rings is 1. The van der Waals surface area contributed by atoms with Crippen LogP contribution in [0.3, 0.4) is 0 Å². The number of likely N-dealkylation sites (N-methyl/N-ethyl adjacent to an activating group) is 1. The number of hydrogen-bond acceptors (Lipinski definition) is 5. The topological polar surface area (TPSA) is 72.4 Å². The highest BCUT2D eigenvalue weighted by Crippen LogP contribution is 2.12. The van der Waals surface area contributed by atoms with Gasteiger partial charge in [-0.15, -0.1) is 24.0 Å². The largest absolute Gasteiger partial charge is 0.379 e. The van der Waals surface area contributed by atoms with Crippen molar-refractivity contribution in [2.75, 3.05) is 78.5 Å². The minimum atomic E-state index is -0.0106. The first-order valence-corrected chi connectivity index (χ1v) is 11.7. The molecule has 8 nitrogen and oxygen atoms in total. The summed E-state index contributed by atoms with van der Waals surface area (Å²) in [6.07, 6.45) is 0.963. The summed E-state index contributed by atoms with van der Waals surface area (Å²) >= 11 is 0. The maximum atomic E-state index is 12.1. The average Bonchev–Trinajstić information content (AvgIpc) is 2.80.